The molecule has 0 aliphatic carbocycles. The van der Waals surface area contributed by atoms with Crippen molar-refractivity contribution in [3.8, 4) is 11.6 Å². The van der Waals surface area contributed by atoms with E-state index >= 15 is 0 Å². The lowest BCUT2D eigenvalue weighted by molar-refractivity contribution is 0.450. The summed E-state index contributed by atoms with van der Waals surface area (Å²) in [6.07, 6.45) is 3.10. The first kappa shape index (κ1) is 14.5. The minimum absolute atomic E-state index is 0.0599. The third kappa shape index (κ3) is 3.17. The fourth-order valence-electron chi connectivity index (χ4n) is 1.83. The van der Waals surface area contributed by atoms with Crippen molar-refractivity contribution in [2.24, 2.45) is 0 Å². The van der Waals surface area contributed by atoms with Gasteiger partial charge < -0.3 is 10.1 Å². The van der Waals surface area contributed by atoms with Crippen LogP contribution in [-0.2, 0) is 6.42 Å². The summed E-state index contributed by atoms with van der Waals surface area (Å²) >= 11 is 5.65. The van der Waals surface area contributed by atoms with E-state index in [1.54, 1.807) is 13.1 Å². The average Bonchev–Trinajstić information content (AvgIpc) is 2.45. The molecule has 0 saturated heterocycles. The van der Waals surface area contributed by atoms with Gasteiger partial charge in [-0.15, -0.1) is 0 Å². The molecule has 0 aliphatic heterocycles. The third-order valence-corrected chi connectivity index (χ3v) is 3.05. The van der Waals surface area contributed by atoms with Crippen LogP contribution in [0.5, 0.6) is 11.6 Å². The van der Waals surface area contributed by atoms with Gasteiger partial charge in [0.1, 0.15) is 23.7 Å². The van der Waals surface area contributed by atoms with E-state index in [1.165, 1.54) is 18.5 Å². The fraction of sp³-hybridized carbons (Fsp3) is 0.286. The molecule has 2 rings (SSSR count). The minimum Gasteiger partial charge on any atom is -0.438 e. The summed E-state index contributed by atoms with van der Waals surface area (Å²) in [5.74, 6) is 0.966. The molecule has 0 amide bonds. The normalized spacial score (nSPS) is 10.4. The van der Waals surface area contributed by atoms with Gasteiger partial charge in [-0.25, -0.2) is 14.4 Å². The van der Waals surface area contributed by atoms with Crippen LogP contribution in [0.4, 0.5) is 10.2 Å². The molecule has 0 unspecified atom stereocenters. The molecule has 20 heavy (non-hydrogen) atoms. The molecule has 1 aromatic heterocycles. The molecule has 1 N–H and O–H groups in total. The quantitative estimate of drug-likeness (QED) is 0.904. The Morgan fingerprint density at radius 2 is 2.15 bits per heavy atom. The molecule has 0 atom stereocenters. The first-order valence-electron chi connectivity index (χ1n) is 6.30. The first-order chi connectivity index (χ1) is 9.65. The Hall–Kier alpha value is -1.88. The summed E-state index contributed by atoms with van der Waals surface area (Å²) in [7, 11) is 1.78. The minimum atomic E-state index is -0.524. The molecule has 106 valence electrons. The SMILES string of the molecule is CCCc1c(NC)ncnc1Oc1ccc(Cl)c(F)c1. The van der Waals surface area contributed by atoms with Crippen molar-refractivity contribution in [1.29, 1.82) is 0 Å². The maximum absolute atomic E-state index is 13.4. The number of hydrogen-bond donors (Lipinski definition) is 1. The largest absolute Gasteiger partial charge is 0.438 e. The topological polar surface area (TPSA) is 47.0 Å². The highest BCUT2D eigenvalue weighted by Gasteiger charge is 2.12. The molecular weight excluding hydrogens is 281 g/mol. The zero-order valence-corrected chi connectivity index (χ0v) is 12.0. The van der Waals surface area contributed by atoms with Crippen molar-refractivity contribution in [2.75, 3.05) is 12.4 Å². The predicted octanol–water partition coefficient (Wildman–Crippen LogP) is 4.06. The zero-order chi connectivity index (χ0) is 14.5. The Morgan fingerprint density at radius 1 is 1.35 bits per heavy atom. The van der Waals surface area contributed by atoms with Gasteiger partial charge >= 0.3 is 0 Å². The molecule has 2 aromatic rings. The lowest BCUT2D eigenvalue weighted by Gasteiger charge is -2.12. The smallest absolute Gasteiger partial charge is 0.227 e. The molecular formula is C14H15ClFN3O. The van der Waals surface area contributed by atoms with Crippen molar-refractivity contribution in [1.82, 2.24) is 9.97 Å². The van der Waals surface area contributed by atoms with Gasteiger partial charge in [-0.1, -0.05) is 24.9 Å². The molecule has 0 fully saturated rings. The van der Waals surface area contributed by atoms with Crippen LogP contribution < -0.4 is 10.1 Å². The van der Waals surface area contributed by atoms with Crippen LogP contribution in [0.15, 0.2) is 24.5 Å². The Balaban J connectivity index is 2.34. The Labute approximate surface area is 122 Å². The van der Waals surface area contributed by atoms with Gasteiger partial charge in [0.05, 0.1) is 10.6 Å². The van der Waals surface area contributed by atoms with Gasteiger partial charge in [0.2, 0.25) is 5.88 Å². The number of halogens is 2. The Morgan fingerprint density at radius 3 is 2.80 bits per heavy atom. The molecule has 0 spiro atoms. The van der Waals surface area contributed by atoms with Gasteiger partial charge in [0, 0.05) is 13.1 Å². The number of hydrogen-bond acceptors (Lipinski definition) is 4. The van der Waals surface area contributed by atoms with Crippen molar-refractivity contribution in [3.05, 3.63) is 40.9 Å². The van der Waals surface area contributed by atoms with Crippen molar-refractivity contribution in [3.63, 3.8) is 0 Å². The molecule has 1 aromatic carbocycles. The second-order valence-corrected chi connectivity index (χ2v) is 4.59. The van der Waals surface area contributed by atoms with E-state index in [1.807, 2.05) is 0 Å². The standard InChI is InChI=1S/C14H15ClFN3O/c1-3-4-10-13(17-2)18-8-19-14(10)20-9-5-6-11(15)12(16)7-9/h5-8H,3-4H2,1-2H3,(H,17,18,19). The van der Waals surface area contributed by atoms with Crippen LogP contribution in [0, 0.1) is 5.82 Å². The molecule has 6 heteroatoms. The second-order valence-electron chi connectivity index (χ2n) is 4.18. The summed E-state index contributed by atoms with van der Waals surface area (Å²) < 4.78 is 19.1. The highest BCUT2D eigenvalue weighted by Crippen LogP contribution is 2.29. The van der Waals surface area contributed by atoms with Crippen LogP contribution in [0.25, 0.3) is 0 Å². The van der Waals surface area contributed by atoms with Crippen molar-refractivity contribution < 1.29 is 9.13 Å². The molecule has 0 radical (unpaired) electrons. The van der Waals surface area contributed by atoms with E-state index in [2.05, 4.69) is 22.2 Å². The number of rotatable bonds is 5. The highest BCUT2D eigenvalue weighted by molar-refractivity contribution is 6.30. The number of nitrogens with one attached hydrogen (secondary N) is 1. The molecule has 0 saturated carbocycles. The van der Waals surface area contributed by atoms with E-state index in [9.17, 15) is 4.39 Å². The molecule has 0 aliphatic rings. The van der Waals surface area contributed by atoms with Crippen molar-refractivity contribution in [2.45, 2.75) is 19.8 Å². The molecule has 4 nitrogen and oxygen atoms in total. The van der Waals surface area contributed by atoms with Crippen LogP contribution in [-0.4, -0.2) is 17.0 Å². The summed E-state index contributed by atoms with van der Waals surface area (Å²) in [4.78, 5) is 8.28. The van der Waals surface area contributed by atoms with Gasteiger partial charge in [0.25, 0.3) is 0 Å². The zero-order valence-electron chi connectivity index (χ0n) is 11.3. The average molecular weight is 296 g/mol. The van der Waals surface area contributed by atoms with Crippen LogP contribution in [0.1, 0.15) is 18.9 Å². The summed E-state index contributed by atoms with van der Waals surface area (Å²) in [6, 6.07) is 4.29. The van der Waals surface area contributed by atoms with Gasteiger partial charge in [0.15, 0.2) is 0 Å². The second kappa shape index (κ2) is 6.52. The van der Waals surface area contributed by atoms with Gasteiger partial charge in [-0.3, -0.25) is 0 Å². The lowest BCUT2D eigenvalue weighted by atomic mass is 10.1. The van der Waals surface area contributed by atoms with Crippen molar-refractivity contribution >= 4 is 17.4 Å². The number of ether oxygens (including phenoxy) is 1. The van der Waals surface area contributed by atoms with Crippen LogP contribution in [0.2, 0.25) is 5.02 Å². The Kier molecular flexibility index (Phi) is 4.74. The summed E-state index contributed by atoms with van der Waals surface area (Å²) in [6.45, 7) is 2.05. The first-order valence-corrected chi connectivity index (χ1v) is 6.68. The van der Waals surface area contributed by atoms with Gasteiger partial charge in [-0.05, 0) is 18.6 Å². The van der Waals surface area contributed by atoms with E-state index in [-0.39, 0.29) is 5.02 Å². The monoisotopic (exact) mass is 295 g/mol. The number of aromatic nitrogens is 2. The predicted molar refractivity (Wildman–Crippen MR) is 77.1 cm³/mol. The lowest BCUT2D eigenvalue weighted by Crippen LogP contribution is -2.03. The summed E-state index contributed by atoms with van der Waals surface area (Å²) in [5.41, 5.74) is 0.868. The maximum atomic E-state index is 13.4. The highest BCUT2D eigenvalue weighted by atomic mass is 35.5. The van der Waals surface area contributed by atoms with E-state index in [0.29, 0.717) is 17.4 Å². The van der Waals surface area contributed by atoms with Crippen LogP contribution >= 0.6 is 11.6 Å². The summed E-state index contributed by atoms with van der Waals surface area (Å²) in [5, 5.41) is 3.06. The fourth-order valence-corrected chi connectivity index (χ4v) is 1.94. The van der Waals surface area contributed by atoms with E-state index < -0.39 is 5.82 Å². The van der Waals surface area contributed by atoms with Gasteiger partial charge in [-0.2, -0.15) is 0 Å². The number of anilines is 1. The molecule has 1 heterocycles. The maximum Gasteiger partial charge on any atom is 0.227 e. The van der Waals surface area contributed by atoms with E-state index in [0.717, 1.165) is 18.4 Å². The Bertz CT molecular complexity index is 607. The number of nitrogens with zero attached hydrogens (tertiary/aromatic N) is 2. The molecule has 0 bridgehead atoms. The number of benzene rings is 1. The third-order valence-electron chi connectivity index (χ3n) is 2.75. The van der Waals surface area contributed by atoms with E-state index in [4.69, 9.17) is 16.3 Å². The van der Waals surface area contributed by atoms with Crippen LogP contribution in [0.3, 0.4) is 0 Å².